The molecule has 0 spiro atoms. The largest absolute Gasteiger partial charge is 0.493 e. The van der Waals surface area contributed by atoms with Crippen LogP contribution in [0.2, 0.25) is 0 Å². The molecule has 0 atom stereocenters. The summed E-state index contributed by atoms with van der Waals surface area (Å²) in [5.41, 5.74) is 1.15. The zero-order valence-electron chi connectivity index (χ0n) is 9.61. The van der Waals surface area contributed by atoms with Crippen LogP contribution in [0.3, 0.4) is 0 Å². The fourth-order valence-corrected chi connectivity index (χ4v) is 1.37. The van der Waals surface area contributed by atoms with Gasteiger partial charge in [0.2, 0.25) is 6.29 Å². The molecule has 1 aromatic carbocycles. The molecule has 0 N–H and O–H groups in total. The van der Waals surface area contributed by atoms with Gasteiger partial charge >= 0.3 is 0 Å². The molecule has 0 aliphatic rings. The predicted octanol–water partition coefficient (Wildman–Crippen LogP) is 3.07. The molecule has 0 saturated carbocycles. The molecule has 2 heteroatoms. The lowest BCUT2D eigenvalue weighted by Gasteiger charge is -2.08. The highest BCUT2D eigenvalue weighted by Gasteiger charge is 1.99. The van der Waals surface area contributed by atoms with Crippen molar-refractivity contribution in [1.82, 2.24) is 0 Å². The van der Waals surface area contributed by atoms with Gasteiger partial charge in [0, 0.05) is 6.42 Å². The molecule has 0 aliphatic heterocycles. The molecule has 16 heavy (non-hydrogen) atoms. The minimum absolute atomic E-state index is 0.359. The molecule has 0 bridgehead atoms. The number of hydrogen-bond donors (Lipinski definition) is 0. The Labute approximate surface area is 96.9 Å². The Morgan fingerprint density at radius 3 is 2.88 bits per heavy atom. The third-order valence-corrected chi connectivity index (χ3v) is 2.14. The van der Waals surface area contributed by atoms with Gasteiger partial charge in [0.05, 0.1) is 6.61 Å². The summed E-state index contributed by atoms with van der Waals surface area (Å²) >= 11 is 0. The van der Waals surface area contributed by atoms with Crippen LogP contribution in [0, 0.1) is 0 Å². The van der Waals surface area contributed by atoms with Crippen molar-refractivity contribution in [2.75, 3.05) is 6.61 Å². The average Bonchev–Trinajstić information content (AvgIpc) is 2.33. The maximum Gasteiger partial charge on any atom is 0.202 e. The second-order valence-electron chi connectivity index (χ2n) is 3.48. The first-order chi connectivity index (χ1) is 7.88. The van der Waals surface area contributed by atoms with Crippen molar-refractivity contribution in [3.63, 3.8) is 0 Å². The normalized spacial score (nSPS) is 10.6. The molecule has 0 heterocycles. The van der Waals surface area contributed by atoms with E-state index in [4.69, 9.17) is 4.74 Å². The molecule has 0 aliphatic carbocycles. The summed E-state index contributed by atoms with van der Waals surface area (Å²) in [6.07, 6.45) is 7.79. The maximum absolute atomic E-state index is 10.0. The zero-order valence-corrected chi connectivity index (χ0v) is 9.61. The molecule has 0 fully saturated rings. The van der Waals surface area contributed by atoms with Crippen LogP contribution in [0.1, 0.15) is 25.3 Å². The maximum atomic E-state index is 10.0. The van der Waals surface area contributed by atoms with Crippen LogP contribution < -0.4 is 4.74 Å². The summed E-state index contributed by atoms with van der Waals surface area (Å²) in [6.45, 7) is 2.82. The Morgan fingerprint density at radius 2 is 2.12 bits per heavy atom. The van der Waals surface area contributed by atoms with E-state index in [0.29, 0.717) is 6.42 Å². The molecule has 1 aromatic rings. The topological polar surface area (TPSA) is 26.3 Å². The van der Waals surface area contributed by atoms with Crippen molar-refractivity contribution >= 4 is 6.29 Å². The molecular weight excluding hydrogens is 200 g/mol. The highest BCUT2D eigenvalue weighted by atomic mass is 16.5. The van der Waals surface area contributed by atoms with Crippen LogP contribution in [0.25, 0.3) is 0 Å². The van der Waals surface area contributed by atoms with Crippen LogP contribution in [-0.2, 0) is 11.2 Å². The number of benzene rings is 1. The zero-order chi connectivity index (χ0) is 11.6. The van der Waals surface area contributed by atoms with E-state index in [1.165, 1.54) is 0 Å². The number of allylic oxidation sites excluding steroid dienone is 2. The van der Waals surface area contributed by atoms with Crippen LogP contribution in [0.4, 0.5) is 0 Å². The molecule has 0 aromatic heterocycles. The van der Waals surface area contributed by atoms with Crippen LogP contribution >= 0.6 is 0 Å². The molecule has 0 saturated heterocycles. The van der Waals surface area contributed by atoms with Gasteiger partial charge in [-0.15, -0.1) is 0 Å². The summed E-state index contributed by atoms with van der Waals surface area (Å²) < 4.78 is 5.63. The first kappa shape index (κ1) is 12.5. The average molecular weight is 217 g/mol. The van der Waals surface area contributed by atoms with Crippen molar-refractivity contribution < 1.29 is 9.53 Å². The molecule has 0 unspecified atom stereocenters. The van der Waals surface area contributed by atoms with Crippen molar-refractivity contribution in [3.8, 4) is 5.75 Å². The Hall–Kier alpha value is -1.57. The van der Waals surface area contributed by atoms with E-state index in [2.05, 4.69) is 6.92 Å². The van der Waals surface area contributed by atoms with Gasteiger partial charge in [-0.25, -0.2) is 0 Å². The molecule has 1 radical (unpaired) electrons. The lowest BCUT2D eigenvalue weighted by atomic mass is 10.1. The molecule has 2 nitrogen and oxygen atoms in total. The van der Waals surface area contributed by atoms with E-state index >= 15 is 0 Å². The van der Waals surface area contributed by atoms with Gasteiger partial charge in [-0.3, -0.25) is 4.79 Å². The lowest BCUT2D eigenvalue weighted by molar-refractivity contribution is 0.315. The first-order valence-electron chi connectivity index (χ1n) is 5.59. The fraction of sp³-hybridized carbons (Fsp3) is 0.357. The SMILES string of the molecule is CCCOc1ccccc1CC=CC[C]=O. The van der Waals surface area contributed by atoms with Crippen LogP contribution in [0.15, 0.2) is 36.4 Å². The number of para-hydroxylation sites is 1. The second-order valence-corrected chi connectivity index (χ2v) is 3.48. The van der Waals surface area contributed by atoms with Gasteiger partial charge < -0.3 is 4.74 Å². The van der Waals surface area contributed by atoms with E-state index < -0.39 is 0 Å². The van der Waals surface area contributed by atoms with E-state index in [-0.39, 0.29) is 0 Å². The quantitative estimate of drug-likeness (QED) is 0.656. The molecular formula is C14H17O2. The van der Waals surface area contributed by atoms with Crippen molar-refractivity contribution in [3.05, 3.63) is 42.0 Å². The summed E-state index contributed by atoms with van der Waals surface area (Å²) in [4.78, 5) is 10.0. The third-order valence-electron chi connectivity index (χ3n) is 2.14. The van der Waals surface area contributed by atoms with Gasteiger partial charge in [-0.1, -0.05) is 37.3 Å². The fourth-order valence-electron chi connectivity index (χ4n) is 1.37. The first-order valence-corrected chi connectivity index (χ1v) is 5.59. The van der Waals surface area contributed by atoms with Crippen molar-refractivity contribution in [1.29, 1.82) is 0 Å². The van der Waals surface area contributed by atoms with Crippen molar-refractivity contribution in [2.45, 2.75) is 26.2 Å². The summed E-state index contributed by atoms with van der Waals surface area (Å²) in [5.74, 6) is 0.934. The summed E-state index contributed by atoms with van der Waals surface area (Å²) in [7, 11) is 0. The van der Waals surface area contributed by atoms with E-state index in [9.17, 15) is 4.79 Å². The van der Waals surface area contributed by atoms with E-state index in [1.54, 1.807) is 0 Å². The summed E-state index contributed by atoms with van der Waals surface area (Å²) in [5, 5.41) is 0. The molecule has 0 amide bonds. The third kappa shape index (κ3) is 4.30. The van der Waals surface area contributed by atoms with E-state index in [1.807, 2.05) is 42.7 Å². The monoisotopic (exact) mass is 217 g/mol. The van der Waals surface area contributed by atoms with Gasteiger partial charge in [0.25, 0.3) is 0 Å². The highest BCUT2D eigenvalue weighted by Crippen LogP contribution is 2.18. The minimum atomic E-state index is 0.359. The number of carbonyl (C=O) groups excluding carboxylic acids is 1. The Kier molecular flexibility index (Phi) is 6.00. The lowest BCUT2D eigenvalue weighted by Crippen LogP contribution is -1.98. The Balaban J connectivity index is 2.59. The van der Waals surface area contributed by atoms with Gasteiger partial charge in [-0.2, -0.15) is 0 Å². The van der Waals surface area contributed by atoms with Gasteiger partial charge in [0.15, 0.2) is 0 Å². The Morgan fingerprint density at radius 1 is 1.31 bits per heavy atom. The molecule has 1 rings (SSSR count). The number of ether oxygens (including phenoxy) is 1. The highest BCUT2D eigenvalue weighted by molar-refractivity contribution is 5.52. The Bertz CT molecular complexity index is 342. The van der Waals surface area contributed by atoms with Crippen LogP contribution in [0.5, 0.6) is 5.75 Å². The summed E-state index contributed by atoms with van der Waals surface area (Å²) in [6, 6.07) is 7.98. The predicted molar refractivity (Wildman–Crippen MR) is 65.4 cm³/mol. The van der Waals surface area contributed by atoms with Crippen molar-refractivity contribution in [2.24, 2.45) is 0 Å². The second kappa shape index (κ2) is 7.69. The van der Waals surface area contributed by atoms with Gasteiger partial charge in [-0.05, 0) is 24.5 Å². The minimum Gasteiger partial charge on any atom is -0.493 e. The van der Waals surface area contributed by atoms with Gasteiger partial charge in [0.1, 0.15) is 5.75 Å². The van der Waals surface area contributed by atoms with Crippen LogP contribution in [-0.4, -0.2) is 12.9 Å². The number of rotatable bonds is 7. The van der Waals surface area contributed by atoms with E-state index in [0.717, 1.165) is 30.8 Å². The molecule has 85 valence electrons. The standard InChI is InChI=1S/C14H17O2/c1-2-12-16-14-10-6-5-9-13(14)8-4-3-7-11-15/h3-6,9-10H,2,7-8,12H2,1H3. The smallest absolute Gasteiger partial charge is 0.202 e. The number of hydrogen-bond acceptors (Lipinski definition) is 2.